The van der Waals surface area contributed by atoms with Crippen LogP contribution >= 0.6 is 0 Å². The van der Waals surface area contributed by atoms with Crippen molar-refractivity contribution in [2.75, 3.05) is 6.54 Å². The third-order valence-electron chi connectivity index (χ3n) is 3.35. The molecule has 0 aliphatic carbocycles. The maximum Gasteiger partial charge on any atom is 0.0980 e. The van der Waals surface area contributed by atoms with E-state index in [4.69, 9.17) is 10.4 Å². The molecule has 1 N–H and O–H groups in total. The number of nitriles is 1. The van der Waals surface area contributed by atoms with Crippen molar-refractivity contribution in [3.8, 4) is 6.07 Å². The summed E-state index contributed by atoms with van der Waals surface area (Å²) < 4.78 is 0. The molecular weight excluding hydrogens is 212 g/mol. The summed E-state index contributed by atoms with van der Waals surface area (Å²) in [4.78, 5) is 2.25. The van der Waals surface area contributed by atoms with E-state index in [1.165, 1.54) is 12.0 Å². The van der Waals surface area contributed by atoms with Crippen LogP contribution in [0.1, 0.15) is 30.4 Å². The van der Waals surface area contributed by atoms with Crippen molar-refractivity contribution in [1.82, 2.24) is 4.90 Å². The Morgan fingerprint density at radius 2 is 1.94 bits per heavy atom. The molecule has 1 aromatic carbocycles. The van der Waals surface area contributed by atoms with Crippen molar-refractivity contribution in [3.63, 3.8) is 0 Å². The minimum absolute atomic E-state index is 0.0706. The molecule has 1 unspecified atom stereocenters. The minimum Gasteiger partial charge on any atom is -0.392 e. The van der Waals surface area contributed by atoms with Gasteiger partial charge >= 0.3 is 0 Å². The molecule has 1 aromatic rings. The molecule has 1 saturated heterocycles. The summed E-state index contributed by atoms with van der Waals surface area (Å²) in [5, 5.41) is 18.1. The third-order valence-corrected chi connectivity index (χ3v) is 3.35. The molecule has 0 bridgehead atoms. The Bertz CT molecular complexity index is 394. The summed E-state index contributed by atoms with van der Waals surface area (Å²) in [6.07, 6.45) is 3.34. The van der Waals surface area contributed by atoms with Gasteiger partial charge in [-0.3, -0.25) is 4.90 Å². The van der Waals surface area contributed by atoms with E-state index in [0.717, 1.165) is 31.5 Å². The van der Waals surface area contributed by atoms with Crippen molar-refractivity contribution >= 4 is 0 Å². The summed E-state index contributed by atoms with van der Waals surface area (Å²) in [5.74, 6) is 0. The predicted octanol–water partition coefficient (Wildman–Crippen LogP) is 2.06. The lowest BCUT2D eigenvalue weighted by Crippen LogP contribution is -2.37. The van der Waals surface area contributed by atoms with Crippen LogP contribution in [0.5, 0.6) is 0 Å². The average Bonchev–Trinajstić information content (AvgIpc) is 2.40. The zero-order valence-corrected chi connectivity index (χ0v) is 9.97. The first kappa shape index (κ1) is 12.1. The second kappa shape index (κ2) is 5.81. The van der Waals surface area contributed by atoms with E-state index in [2.05, 4.69) is 11.0 Å². The normalized spacial score (nSPS) is 21.1. The van der Waals surface area contributed by atoms with Gasteiger partial charge in [0.1, 0.15) is 0 Å². The lowest BCUT2D eigenvalue weighted by molar-refractivity contribution is 0.176. The van der Waals surface area contributed by atoms with Crippen LogP contribution < -0.4 is 0 Å². The van der Waals surface area contributed by atoms with Crippen LogP contribution in [0.2, 0.25) is 0 Å². The number of rotatable bonds is 3. The van der Waals surface area contributed by atoms with Crippen LogP contribution in [0.25, 0.3) is 0 Å². The molecule has 0 radical (unpaired) electrons. The molecule has 1 atom stereocenters. The van der Waals surface area contributed by atoms with Gasteiger partial charge in [0, 0.05) is 6.54 Å². The number of hydrogen-bond donors (Lipinski definition) is 1. The Hall–Kier alpha value is -1.37. The number of aliphatic hydroxyl groups excluding tert-OH is 1. The number of likely N-dealkylation sites (tertiary alicyclic amines) is 1. The fraction of sp³-hybridized carbons (Fsp3) is 0.500. The molecular formula is C14H18N2O. The van der Waals surface area contributed by atoms with E-state index in [-0.39, 0.29) is 12.6 Å². The van der Waals surface area contributed by atoms with E-state index in [0.29, 0.717) is 0 Å². The van der Waals surface area contributed by atoms with Gasteiger partial charge < -0.3 is 5.11 Å². The molecule has 0 spiro atoms. The van der Waals surface area contributed by atoms with Crippen molar-refractivity contribution < 1.29 is 5.11 Å². The summed E-state index contributed by atoms with van der Waals surface area (Å²) in [5.41, 5.74) is 2.15. The molecule has 1 aliphatic heterocycles. The van der Waals surface area contributed by atoms with Gasteiger partial charge in [0.15, 0.2) is 0 Å². The number of nitrogens with zero attached hydrogens (tertiary/aromatic N) is 2. The number of benzene rings is 1. The average molecular weight is 230 g/mol. The molecule has 1 heterocycles. The molecule has 17 heavy (non-hydrogen) atoms. The highest BCUT2D eigenvalue weighted by molar-refractivity contribution is 5.22. The molecule has 0 saturated carbocycles. The molecule has 0 aromatic heterocycles. The second-order valence-electron chi connectivity index (χ2n) is 4.59. The molecule has 1 aliphatic rings. The maximum absolute atomic E-state index is 9.10. The second-order valence-corrected chi connectivity index (χ2v) is 4.59. The van der Waals surface area contributed by atoms with Crippen LogP contribution in [-0.2, 0) is 13.2 Å². The molecule has 2 rings (SSSR count). The van der Waals surface area contributed by atoms with Gasteiger partial charge in [-0.05, 0) is 36.9 Å². The van der Waals surface area contributed by atoms with Crippen molar-refractivity contribution in [2.45, 2.75) is 38.5 Å². The first-order valence-corrected chi connectivity index (χ1v) is 6.16. The van der Waals surface area contributed by atoms with Gasteiger partial charge in [0.05, 0.1) is 18.7 Å². The highest BCUT2D eigenvalue weighted by atomic mass is 16.3. The number of hydrogen-bond acceptors (Lipinski definition) is 3. The summed E-state index contributed by atoms with van der Waals surface area (Å²) in [6, 6.07) is 10.4. The smallest absolute Gasteiger partial charge is 0.0980 e. The van der Waals surface area contributed by atoms with Gasteiger partial charge in [0.25, 0.3) is 0 Å². The quantitative estimate of drug-likeness (QED) is 0.864. The van der Waals surface area contributed by atoms with E-state index in [9.17, 15) is 0 Å². The fourth-order valence-corrected chi connectivity index (χ4v) is 2.31. The molecule has 90 valence electrons. The van der Waals surface area contributed by atoms with E-state index >= 15 is 0 Å². The standard InChI is InChI=1S/C14H18N2O/c15-9-14-3-1-2-8-16(14)10-12-4-6-13(11-17)7-5-12/h4-7,14,17H,1-3,8,10-11H2. The molecule has 0 amide bonds. The summed E-state index contributed by atoms with van der Waals surface area (Å²) in [6.45, 7) is 1.94. The van der Waals surface area contributed by atoms with Crippen molar-refractivity contribution in [3.05, 3.63) is 35.4 Å². The van der Waals surface area contributed by atoms with Gasteiger partial charge in [-0.25, -0.2) is 0 Å². The van der Waals surface area contributed by atoms with Gasteiger partial charge in [-0.15, -0.1) is 0 Å². The monoisotopic (exact) mass is 230 g/mol. The van der Waals surface area contributed by atoms with Gasteiger partial charge in [-0.1, -0.05) is 24.3 Å². The largest absolute Gasteiger partial charge is 0.392 e. The summed E-state index contributed by atoms with van der Waals surface area (Å²) in [7, 11) is 0. The third kappa shape index (κ3) is 3.06. The summed E-state index contributed by atoms with van der Waals surface area (Å²) >= 11 is 0. The highest BCUT2D eigenvalue weighted by Gasteiger charge is 2.21. The zero-order valence-electron chi connectivity index (χ0n) is 9.97. The fourth-order valence-electron chi connectivity index (χ4n) is 2.31. The Labute approximate surface area is 102 Å². The zero-order chi connectivity index (χ0) is 12.1. The van der Waals surface area contributed by atoms with Gasteiger partial charge in [0.2, 0.25) is 0 Å². The van der Waals surface area contributed by atoms with Crippen LogP contribution in [0.4, 0.5) is 0 Å². The topological polar surface area (TPSA) is 47.3 Å². The van der Waals surface area contributed by atoms with Crippen LogP contribution in [-0.4, -0.2) is 22.6 Å². The number of piperidine rings is 1. The first-order valence-electron chi connectivity index (χ1n) is 6.16. The maximum atomic E-state index is 9.10. The Morgan fingerprint density at radius 3 is 2.59 bits per heavy atom. The minimum atomic E-state index is 0.0706. The van der Waals surface area contributed by atoms with E-state index < -0.39 is 0 Å². The molecule has 3 heteroatoms. The van der Waals surface area contributed by atoms with Crippen LogP contribution in [0, 0.1) is 11.3 Å². The lowest BCUT2D eigenvalue weighted by Gasteiger charge is -2.31. The highest BCUT2D eigenvalue weighted by Crippen LogP contribution is 2.19. The Kier molecular flexibility index (Phi) is 4.13. The van der Waals surface area contributed by atoms with Crippen molar-refractivity contribution in [1.29, 1.82) is 5.26 Å². The van der Waals surface area contributed by atoms with Crippen molar-refractivity contribution in [2.24, 2.45) is 0 Å². The van der Waals surface area contributed by atoms with Gasteiger partial charge in [-0.2, -0.15) is 5.26 Å². The molecule has 1 fully saturated rings. The van der Waals surface area contributed by atoms with E-state index in [1.807, 2.05) is 24.3 Å². The molecule has 3 nitrogen and oxygen atoms in total. The Morgan fingerprint density at radius 1 is 1.24 bits per heavy atom. The first-order chi connectivity index (χ1) is 8.33. The lowest BCUT2D eigenvalue weighted by atomic mass is 10.0. The van der Waals surface area contributed by atoms with Crippen LogP contribution in [0.3, 0.4) is 0 Å². The SMILES string of the molecule is N#CC1CCCCN1Cc1ccc(CO)cc1. The predicted molar refractivity (Wildman–Crippen MR) is 66.0 cm³/mol. The van der Waals surface area contributed by atoms with Crippen LogP contribution in [0.15, 0.2) is 24.3 Å². The van der Waals surface area contributed by atoms with E-state index in [1.54, 1.807) is 0 Å². The Balaban J connectivity index is 2.01. The number of aliphatic hydroxyl groups is 1.